The molecule has 0 unspecified atom stereocenters. The van der Waals surface area contributed by atoms with Gasteiger partial charge in [-0.15, -0.1) is 0 Å². The van der Waals surface area contributed by atoms with Crippen LogP contribution in [0.3, 0.4) is 0 Å². The Kier molecular flexibility index (Phi) is 5.71. The van der Waals surface area contributed by atoms with E-state index in [0.29, 0.717) is 26.7 Å². The summed E-state index contributed by atoms with van der Waals surface area (Å²) < 4.78 is 5.27. The Hall–Kier alpha value is -2.62. The predicted molar refractivity (Wildman–Crippen MR) is 102 cm³/mol. The van der Waals surface area contributed by atoms with Crippen LogP contribution in [0.4, 0.5) is 0 Å². The Labute approximate surface area is 161 Å². The Morgan fingerprint density at radius 3 is 2.00 bits per heavy atom. The minimum absolute atomic E-state index is 0.0837. The van der Waals surface area contributed by atoms with Crippen molar-refractivity contribution in [3.05, 3.63) is 105 Å². The second kappa shape index (κ2) is 8.17. The highest BCUT2D eigenvalue weighted by molar-refractivity contribution is 6.42. The Morgan fingerprint density at radius 1 is 0.731 bits per heavy atom. The SMILES string of the molecule is O=C(OCc1ccc(Cl)c(Cl)c1)c1ccc(C(=O)c2ccccc2)cc1. The first-order valence-electron chi connectivity index (χ1n) is 7.85. The van der Waals surface area contributed by atoms with Crippen molar-refractivity contribution in [1.82, 2.24) is 0 Å². The minimum atomic E-state index is -0.477. The summed E-state index contributed by atoms with van der Waals surface area (Å²) in [6.45, 7) is 0.0837. The maximum absolute atomic E-state index is 12.4. The fraction of sp³-hybridized carbons (Fsp3) is 0.0476. The van der Waals surface area contributed by atoms with Gasteiger partial charge in [-0.1, -0.05) is 71.7 Å². The third-order valence-electron chi connectivity index (χ3n) is 3.77. The summed E-state index contributed by atoms with van der Waals surface area (Å²) in [6.07, 6.45) is 0. The maximum Gasteiger partial charge on any atom is 0.338 e. The van der Waals surface area contributed by atoms with Crippen molar-refractivity contribution >= 4 is 35.0 Å². The standard InChI is InChI=1S/C21H14Cl2O3/c22-18-11-6-14(12-19(18)23)13-26-21(25)17-9-7-16(8-10-17)20(24)15-4-2-1-3-5-15/h1-12H,13H2. The summed E-state index contributed by atoms with van der Waals surface area (Å²) in [6, 6.07) is 20.4. The van der Waals surface area contributed by atoms with Crippen molar-refractivity contribution in [2.75, 3.05) is 0 Å². The van der Waals surface area contributed by atoms with Crippen LogP contribution in [0.25, 0.3) is 0 Å². The lowest BCUT2D eigenvalue weighted by atomic mass is 10.0. The fourth-order valence-corrected chi connectivity index (χ4v) is 2.70. The van der Waals surface area contributed by atoms with Gasteiger partial charge in [0.2, 0.25) is 0 Å². The third kappa shape index (κ3) is 4.31. The largest absolute Gasteiger partial charge is 0.457 e. The number of rotatable bonds is 5. The molecule has 0 aliphatic heterocycles. The molecule has 0 saturated heterocycles. The summed E-state index contributed by atoms with van der Waals surface area (Å²) in [4.78, 5) is 24.5. The van der Waals surface area contributed by atoms with E-state index in [1.807, 2.05) is 18.2 Å². The lowest BCUT2D eigenvalue weighted by molar-refractivity contribution is 0.0472. The van der Waals surface area contributed by atoms with Gasteiger partial charge >= 0.3 is 5.97 Å². The molecule has 0 saturated carbocycles. The number of benzene rings is 3. The first-order valence-corrected chi connectivity index (χ1v) is 8.61. The molecule has 0 heterocycles. The molecule has 0 amide bonds. The van der Waals surface area contributed by atoms with Crippen molar-refractivity contribution in [2.45, 2.75) is 6.61 Å². The van der Waals surface area contributed by atoms with Crippen LogP contribution in [0.5, 0.6) is 0 Å². The number of hydrogen-bond acceptors (Lipinski definition) is 3. The zero-order valence-electron chi connectivity index (χ0n) is 13.6. The number of hydrogen-bond donors (Lipinski definition) is 0. The van der Waals surface area contributed by atoms with Crippen molar-refractivity contribution < 1.29 is 14.3 Å². The maximum atomic E-state index is 12.4. The number of carbonyl (C=O) groups excluding carboxylic acids is 2. The lowest BCUT2D eigenvalue weighted by Crippen LogP contribution is -2.06. The topological polar surface area (TPSA) is 43.4 Å². The third-order valence-corrected chi connectivity index (χ3v) is 4.51. The highest BCUT2D eigenvalue weighted by atomic mass is 35.5. The monoisotopic (exact) mass is 384 g/mol. The van der Waals surface area contributed by atoms with Gasteiger partial charge in [-0.25, -0.2) is 4.79 Å². The van der Waals surface area contributed by atoms with E-state index < -0.39 is 5.97 Å². The van der Waals surface area contributed by atoms with Gasteiger partial charge in [-0.2, -0.15) is 0 Å². The van der Waals surface area contributed by atoms with Crippen molar-refractivity contribution in [3.63, 3.8) is 0 Å². The first kappa shape index (κ1) is 18.2. The minimum Gasteiger partial charge on any atom is -0.457 e. The van der Waals surface area contributed by atoms with Gasteiger partial charge in [-0.3, -0.25) is 4.79 Å². The molecule has 0 radical (unpaired) electrons. The molecule has 3 nitrogen and oxygen atoms in total. The van der Waals surface area contributed by atoms with E-state index in [1.54, 1.807) is 54.6 Å². The number of ether oxygens (including phenoxy) is 1. The van der Waals surface area contributed by atoms with E-state index >= 15 is 0 Å². The lowest BCUT2D eigenvalue weighted by Gasteiger charge is -2.07. The molecule has 0 bridgehead atoms. The number of halogens is 2. The average Bonchev–Trinajstić information content (AvgIpc) is 2.69. The van der Waals surface area contributed by atoms with Gasteiger partial charge in [-0.05, 0) is 29.8 Å². The molecule has 5 heteroatoms. The van der Waals surface area contributed by atoms with Crippen LogP contribution in [0.1, 0.15) is 31.8 Å². The molecule has 0 aliphatic carbocycles. The molecule has 3 aromatic carbocycles. The normalized spacial score (nSPS) is 10.4. The molecule has 0 atom stereocenters. The number of esters is 1. The summed E-state index contributed by atoms with van der Waals surface area (Å²) in [5.74, 6) is -0.573. The molecule has 3 aromatic rings. The summed E-state index contributed by atoms with van der Waals surface area (Å²) in [5, 5.41) is 0.851. The van der Waals surface area contributed by atoms with Crippen LogP contribution in [0, 0.1) is 0 Å². The average molecular weight is 385 g/mol. The molecule has 0 aromatic heterocycles. The van der Waals surface area contributed by atoms with Crippen LogP contribution >= 0.6 is 23.2 Å². The molecule has 130 valence electrons. The van der Waals surface area contributed by atoms with E-state index in [9.17, 15) is 9.59 Å². The van der Waals surface area contributed by atoms with Crippen LogP contribution in [-0.4, -0.2) is 11.8 Å². The molecular formula is C21H14Cl2O3. The molecule has 26 heavy (non-hydrogen) atoms. The highest BCUT2D eigenvalue weighted by Crippen LogP contribution is 2.23. The summed E-state index contributed by atoms with van der Waals surface area (Å²) in [5.41, 5.74) is 2.22. The van der Waals surface area contributed by atoms with Crippen LogP contribution < -0.4 is 0 Å². The predicted octanol–water partition coefficient (Wildman–Crippen LogP) is 5.58. The Balaban J connectivity index is 1.65. The van der Waals surface area contributed by atoms with E-state index in [4.69, 9.17) is 27.9 Å². The second-order valence-corrected chi connectivity index (χ2v) is 6.41. The van der Waals surface area contributed by atoms with Crippen molar-refractivity contribution in [1.29, 1.82) is 0 Å². The highest BCUT2D eigenvalue weighted by Gasteiger charge is 2.12. The van der Waals surface area contributed by atoms with Crippen molar-refractivity contribution in [2.24, 2.45) is 0 Å². The molecule has 0 fully saturated rings. The smallest absolute Gasteiger partial charge is 0.338 e. The first-order chi connectivity index (χ1) is 12.5. The number of ketones is 1. The fourth-order valence-electron chi connectivity index (χ4n) is 2.38. The van der Waals surface area contributed by atoms with E-state index in [2.05, 4.69) is 0 Å². The van der Waals surface area contributed by atoms with Crippen LogP contribution in [-0.2, 0) is 11.3 Å². The van der Waals surface area contributed by atoms with E-state index in [-0.39, 0.29) is 12.4 Å². The van der Waals surface area contributed by atoms with Crippen molar-refractivity contribution in [3.8, 4) is 0 Å². The zero-order chi connectivity index (χ0) is 18.5. The van der Waals surface area contributed by atoms with Gasteiger partial charge in [0.15, 0.2) is 5.78 Å². The quantitative estimate of drug-likeness (QED) is 0.425. The van der Waals surface area contributed by atoms with Gasteiger partial charge in [0.25, 0.3) is 0 Å². The van der Waals surface area contributed by atoms with Crippen LogP contribution in [0.15, 0.2) is 72.8 Å². The zero-order valence-corrected chi connectivity index (χ0v) is 15.1. The van der Waals surface area contributed by atoms with Gasteiger partial charge in [0.1, 0.15) is 6.61 Å². The van der Waals surface area contributed by atoms with E-state index in [1.165, 1.54) is 0 Å². The van der Waals surface area contributed by atoms with E-state index in [0.717, 1.165) is 5.56 Å². The summed E-state index contributed by atoms with van der Waals surface area (Å²) in [7, 11) is 0. The van der Waals surface area contributed by atoms with Gasteiger partial charge < -0.3 is 4.74 Å². The Bertz CT molecular complexity index is 935. The molecular weight excluding hydrogens is 371 g/mol. The van der Waals surface area contributed by atoms with Crippen LogP contribution in [0.2, 0.25) is 10.0 Å². The molecule has 3 rings (SSSR count). The Morgan fingerprint density at radius 2 is 1.35 bits per heavy atom. The van der Waals surface area contributed by atoms with Gasteiger partial charge in [0.05, 0.1) is 15.6 Å². The second-order valence-electron chi connectivity index (χ2n) is 5.60. The summed E-state index contributed by atoms with van der Waals surface area (Å²) >= 11 is 11.8. The van der Waals surface area contributed by atoms with Gasteiger partial charge in [0, 0.05) is 11.1 Å². The molecule has 0 N–H and O–H groups in total. The number of carbonyl (C=O) groups is 2. The molecule has 0 aliphatic rings. The molecule has 0 spiro atoms.